The topological polar surface area (TPSA) is 60.2 Å². The second-order valence-corrected chi connectivity index (χ2v) is 7.52. The van der Waals surface area contributed by atoms with Crippen LogP contribution in [-0.2, 0) is 6.54 Å². The van der Waals surface area contributed by atoms with Crippen LogP contribution in [0.15, 0.2) is 67.3 Å². The number of para-hydroxylation sites is 1. The number of benzene rings is 2. The van der Waals surface area contributed by atoms with Crippen LogP contribution < -0.4 is 9.64 Å². The van der Waals surface area contributed by atoms with E-state index in [0.717, 1.165) is 28.9 Å². The lowest BCUT2D eigenvalue weighted by molar-refractivity contribution is 0.0986. The Morgan fingerprint density at radius 2 is 2.03 bits per heavy atom. The molecular weight excluding hydrogens is 384 g/mol. The van der Waals surface area contributed by atoms with Crippen LogP contribution in [0.4, 0.5) is 5.13 Å². The van der Waals surface area contributed by atoms with Crippen LogP contribution in [0.25, 0.3) is 10.2 Å². The molecule has 0 unspecified atom stereocenters. The van der Waals surface area contributed by atoms with Crippen molar-refractivity contribution in [1.29, 1.82) is 0 Å². The summed E-state index contributed by atoms with van der Waals surface area (Å²) in [7, 11) is 0. The van der Waals surface area contributed by atoms with E-state index >= 15 is 0 Å². The van der Waals surface area contributed by atoms with Crippen molar-refractivity contribution in [1.82, 2.24) is 14.5 Å². The molecule has 0 bridgehead atoms. The predicted molar refractivity (Wildman–Crippen MR) is 116 cm³/mol. The Hall–Kier alpha value is -3.19. The van der Waals surface area contributed by atoms with Crippen molar-refractivity contribution in [2.75, 3.05) is 18.1 Å². The smallest absolute Gasteiger partial charge is 0.260 e. The number of imidazole rings is 1. The molecule has 0 saturated carbocycles. The van der Waals surface area contributed by atoms with E-state index in [2.05, 4.69) is 4.98 Å². The first-order valence-electron chi connectivity index (χ1n) is 9.61. The molecule has 2 aromatic heterocycles. The number of thiazole rings is 1. The van der Waals surface area contributed by atoms with E-state index in [1.807, 2.05) is 66.2 Å². The molecule has 0 radical (unpaired) electrons. The maximum absolute atomic E-state index is 13.3. The van der Waals surface area contributed by atoms with Crippen LogP contribution in [0.1, 0.15) is 23.7 Å². The SMILES string of the molecule is CCOc1cccc2sc(N(CCCn3ccnc3)C(=O)c3ccccc3)nc12. The standard InChI is InChI=1S/C22H22N4O2S/c1-2-28-18-10-6-11-19-20(18)24-22(29-19)26(14-7-13-25-15-12-23-16-25)21(27)17-8-4-3-5-9-17/h3-6,8-12,15-16H,2,7,13-14H2,1H3. The molecule has 0 aliphatic heterocycles. The third-order valence-electron chi connectivity index (χ3n) is 4.52. The van der Waals surface area contributed by atoms with Gasteiger partial charge in [0.15, 0.2) is 5.13 Å². The fourth-order valence-corrected chi connectivity index (χ4v) is 4.16. The van der Waals surface area contributed by atoms with Crippen molar-refractivity contribution in [3.63, 3.8) is 0 Å². The number of hydrogen-bond donors (Lipinski definition) is 0. The third kappa shape index (κ3) is 4.30. The summed E-state index contributed by atoms with van der Waals surface area (Å²) in [5.41, 5.74) is 1.45. The Labute approximate surface area is 173 Å². The van der Waals surface area contributed by atoms with Gasteiger partial charge in [-0.05, 0) is 37.6 Å². The van der Waals surface area contributed by atoms with Gasteiger partial charge in [-0.25, -0.2) is 9.97 Å². The number of hydrogen-bond acceptors (Lipinski definition) is 5. The summed E-state index contributed by atoms with van der Waals surface area (Å²) in [4.78, 5) is 23.9. The average Bonchev–Trinajstić information content (AvgIpc) is 3.42. The van der Waals surface area contributed by atoms with Crippen LogP contribution in [-0.4, -0.2) is 33.6 Å². The molecule has 4 rings (SSSR count). The van der Waals surface area contributed by atoms with Crippen LogP contribution in [0, 0.1) is 0 Å². The van der Waals surface area contributed by atoms with Gasteiger partial charge in [0.05, 0.1) is 17.6 Å². The maximum atomic E-state index is 13.3. The monoisotopic (exact) mass is 406 g/mol. The number of fused-ring (bicyclic) bond motifs is 1. The van der Waals surface area contributed by atoms with E-state index in [-0.39, 0.29) is 5.91 Å². The quantitative estimate of drug-likeness (QED) is 0.428. The van der Waals surface area contributed by atoms with Gasteiger partial charge in [-0.1, -0.05) is 35.6 Å². The van der Waals surface area contributed by atoms with E-state index < -0.39 is 0 Å². The molecule has 2 heterocycles. The molecule has 0 spiro atoms. The lowest BCUT2D eigenvalue weighted by atomic mass is 10.2. The molecule has 4 aromatic rings. The molecule has 0 aliphatic carbocycles. The highest BCUT2D eigenvalue weighted by atomic mass is 32.1. The number of ether oxygens (including phenoxy) is 1. The Bertz CT molecular complexity index is 1080. The minimum atomic E-state index is -0.0479. The van der Waals surface area contributed by atoms with Gasteiger partial charge in [-0.2, -0.15) is 0 Å². The van der Waals surface area contributed by atoms with E-state index in [0.29, 0.717) is 23.8 Å². The number of rotatable bonds is 8. The molecule has 0 atom stereocenters. The molecule has 0 saturated heterocycles. The zero-order valence-electron chi connectivity index (χ0n) is 16.2. The first-order chi connectivity index (χ1) is 14.3. The van der Waals surface area contributed by atoms with Gasteiger partial charge in [0.2, 0.25) is 0 Å². The van der Waals surface area contributed by atoms with Crippen molar-refractivity contribution >= 4 is 32.6 Å². The third-order valence-corrected chi connectivity index (χ3v) is 5.57. The normalized spacial score (nSPS) is 10.9. The zero-order valence-corrected chi connectivity index (χ0v) is 17.0. The molecule has 0 fully saturated rings. The summed E-state index contributed by atoms with van der Waals surface area (Å²) in [5, 5.41) is 0.687. The van der Waals surface area contributed by atoms with Gasteiger partial charge in [0, 0.05) is 31.0 Å². The number of anilines is 1. The summed E-state index contributed by atoms with van der Waals surface area (Å²) in [5.74, 6) is 0.700. The van der Waals surface area contributed by atoms with E-state index in [1.165, 1.54) is 11.3 Å². The van der Waals surface area contributed by atoms with Crippen molar-refractivity contribution in [2.24, 2.45) is 0 Å². The number of aromatic nitrogens is 3. The maximum Gasteiger partial charge on any atom is 0.260 e. The summed E-state index contributed by atoms with van der Waals surface area (Å²) in [6.07, 6.45) is 6.27. The number of amides is 1. The van der Waals surface area contributed by atoms with Gasteiger partial charge < -0.3 is 9.30 Å². The van der Waals surface area contributed by atoms with Crippen molar-refractivity contribution < 1.29 is 9.53 Å². The van der Waals surface area contributed by atoms with Gasteiger partial charge in [0.25, 0.3) is 5.91 Å². The second-order valence-electron chi connectivity index (χ2n) is 6.51. The van der Waals surface area contributed by atoms with Crippen molar-refractivity contribution in [3.05, 3.63) is 72.8 Å². The van der Waals surface area contributed by atoms with Crippen LogP contribution in [0.3, 0.4) is 0 Å². The average molecular weight is 407 g/mol. The molecule has 1 amide bonds. The largest absolute Gasteiger partial charge is 0.492 e. The summed E-state index contributed by atoms with van der Waals surface area (Å²) in [6, 6.07) is 15.2. The summed E-state index contributed by atoms with van der Waals surface area (Å²) in [6.45, 7) is 3.88. The molecule has 6 nitrogen and oxygen atoms in total. The molecule has 0 aliphatic rings. The molecule has 0 N–H and O–H groups in total. The first-order valence-corrected chi connectivity index (χ1v) is 10.4. The van der Waals surface area contributed by atoms with Gasteiger partial charge in [-0.3, -0.25) is 9.69 Å². The van der Waals surface area contributed by atoms with Gasteiger partial charge in [0.1, 0.15) is 11.3 Å². The number of aryl methyl sites for hydroxylation is 1. The zero-order chi connectivity index (χ0) is 20.1. The minimum Gasteiger partial charge on any atom is -0.492 e. The van der Waals surface area contributed by atoms with E-state index in [4.69, 9.17) is 9.72 Å². The summed E-state index contributed by atoms with van der Waals surface area (Å²) >= 11 is 1.51. The molecule has 148 valence electrons. The first kappa shape index (κ1) is 19.1. The summed E-state index contributed by atoms with van der Waals surface area (Å²) < 4.78 is 8.73. The number of nitrogens with zero attached hydrogens (tertiary/aromatic N) is 4. The minimum absolute atomic E-state index is 0.0479. The fraction of sp³-hybridized carbons (Fsp3) is 0.227. The van der Waals surface area contributed by atoms with E-state index in [1.54, 1.807) is 17.4 Å². The van der Waals surface area contributed by atoms with Crippen LogP contribution >= 0.6 is 11.3 Å². The molecular formula is C22H22N4O2S. The van der Waals surface area contributed by atoms with Crippen molar-refractivity contribution in [2.45, 2.75) is 19.9 Å². The Morgan fingerprint density at radius 1 is 1.17 bits per heavy atom. The Kier molecular flexibility index (Phi) is 5.86. The van der Waals surface area contributed by atoms with Crippen LogP contribution in [0.2, 0.25) is 0 Å². The Morgan fingerprint density at radius 3 is 2.79 bits per heavy atom. The van der Waals surface area contributed by atoms with E-state index in [9.17, 15) is 4.79 Å². The molecule has 29 heavy (non-hydrogen) atoms. The fourth-order valence-electron chi connectivity index (χ4n) is 3.15. The van der Waals surface area contributed by atoms with Gasteiger partial charge >= 0.3 is 0 Å². The number of carbonyl (C=O) groups is 1. The highest BCUT2D eigenvalue weighted by Crippen LogP contribution is 2.34. The molecule has 2 aromatic carbocycles. The van der Waals surface area contributed by atoms with Crippen LogP contribution in [0.5, 0.6) is 5.75 Å². The van der Waals surface area contributed by atoms with Crippen molar-refractivity contribution in [3.8, 4) is 5.75 Å². The second kappa shape index (κ2) is 8.87. The highest BCUT2D eigenvalue weighted by molar-refractivity contribution is 7.22. The number of carbonyl (C=O) groups excluding carboxylic acids is 1. The predicted octanol–water partition coefficient (Wildman–Crippen LogP) is 4.63. The Balaban J connectivity index is 1.64. The highest BCUT2D eigenvalue weighted by Gasteiger charge is 2.22. The van der Waals surface area contributed by atoms with Gasteiger partial charge in [-0.15, -0.1) is 0 Å². The lowest BCUT2D eigenvalue weighted by Gasteiger charge is -2.20. The molecule has 7 heteroatoms. The lowest BCUT2D eigenvalue weighted by Crippen LogP contribution is -2.32.